The minimum absolute atomic E-state index is 0.128. The van der Waals surface area contributed by atoms with E-state index in [4.69, 9.17) is 26.2 Å². The Morgan fingerprint density at radius 1 is 1.71 bits per heavy atom. The summed E-state index contributed by atoms with van der Waals surface area (Å²) in [5, 5.41) is 37.3. The van der Waals surface area contributed by atoms with Crippen molar-refractivity contribution in [2.24, 2.45) is 5.73 Å². The first-order chi connectivity index (χ1) is 9.97. The Balaban J connectivity index is 2.19. The summed E-state index contributed by atoms with van der Waals surface area (Å²) in [6.07, 6.45) is 0.664. The first-order valence-electron chi connectivity index (χ1n) is 6.18. The van der Waals surface area contributed by atoms with Gasteiger partial charge in [0.2, 0.25) is 0 Å². The molecule has 0 saturated carbocycles. The summed E-state index contributed by atoms with van der Waals surface area (Å²) in [5.41, 5.74) is 5.24. The maximum atomic E-state index is 12.0. The number of nitrogens with zero attached hydrogens (tertiary/aromatic N) is 2. The van der Waals surface area contributed by atoms with Crippen molar-refractivity contribution in [2.45, 2.75) is 24.9 Å². The third-order valence-electron chi connectivity index (χ3n) is 3.22. The molecule has 2 rings (SSSR count). The molecule has 2 aliphatic rings. The van der Waals surface area contributed by atoms with Gasteiger partial charge in [0.1, 0.15) is 29.8 Å². The van der Waals surface area contributed by atoms with Crippen molar-refractivity contribution in [3.8, 4) is 6.07 Å². The van der Waals surface area contributed by atoms with E-state index in [0.29, 0.717) is 0 Å². The number of carbonyl (C=O) groups is 1. The van der Waals surface area contributed by atoms with E-state index in [0.717, 1.165) is 0 Å². The minimum atomic E-state index is -0.856. The number of amidine groups is 1. The van der Waals surface area contributed by atoms with Crippen LogP contribution in [-0.2, 0) is 4.74 Å². The SMILES string of the molecule is N#C/C(C(=N)N)=C1/C=CN([C@@H]2C[C@H](O)[C@@H](CO)O2)C(=O)N1. The van der Waals surface area contributed by atoms with Crippen molar-refractivity contribution < 1.29 is 19.7 Å². The average molecular weight is 293 g/mol. The van der Waals surface area contributed by atoms with Gasteiger partial charge in [-0.2, -0.15) is 5.26 Å². The van der Waals surface area contributed by atoms with Gasteiger partial charge in [0, 0.05) is 12.6 Å². The second-order valence-corrected chi connectivity index (χ2v) is 4.58. The Labute approximate surface area is 120 Å². The number of hydrogen-bond donors (Lipinski definition) is 5. The standard InChI is InChI=1S/C12H15N5O4/c13-4-6(11(14)15)7-1-2-17(12(20)16-7)10-3-8(19)9(5-18)21-10/h1-2,8-10,18-19H,3,5H2,(H3,14,15)(H,16,20)/b7-6+/t8-,9+,10-/m0/s1. The largest absolute Gasteiger partial charge is 0.394 e. The van der Waals surface area contributed by atoms with Gasteiger partial charge in [-0.15, -0.1) is 0 Å². The molecule has 112 valence electrons. The van der Waals surface area contributed by atoms with Crippen LogP contribution in [0.2, 0.25) is 0 Å². The van der Waals surface area contributed by atoms with Crippen LogP contribution in [0.15, 0.2) is 23.5 Å². The lowest BCUT2D eigenvalue weighted by molar-refractivity contribution is -0.0535. The van der Waals surface area contributed by atoms with Crippen LogP contribution < -0.4 is 11.1 Å². The first kappa shape index (κ1) is 15.0. The van der Waals surface area contributed by atoms with Crippen molar-refractivity contribution in [2.75, 3.05) is 6.61 Å². The van der Waals surface area contributed by atoms with Gasteiger partial charge < -0.3 is 26.0 Å². The van der Waals surface area contributed by atoms with E-state index in [-0.39, 0.29) is 24.3 Å². The summed E-state index contributed by atoms with van der Waals surface area (Å²) < 4.78 is 5.37. The van der Waals surface area contributed by atoms with Gasteiger partial charge in [0.05, 0.1) is 18.4 Å². The first-order valence-corrected chi connectivity index (χ1v) is 6.18. The normalized spacial score (nSPS) is 30.8. The topological polar surface area (TPSA) is 156 Å². The van der Waals surface area contributed by atoms with Crippen molar-refractivity contribution in [3.63, 3.8) is 0 Å². The van der Waals surface area contributed by atoms with E-state index < -0.39 is 30.3 Å². The number of aliphatic hydroxyl groups is 2. The van der Waals surface area contributed by atoms with E-state index in [1.54, 1.807) is 6.07 Å². The third kappa shape index (κ3) is 2.87. The molecule has 2 amide bonds. The van der Waals surface area contributed by atoms with Crippen molar-refractivity contribution in [3.05, 3.63) is 23.5 Å². The summed E-state index contributed by atoms with van der Waals surface area (Å²) in [7, 11) is 0. The average Bonchev–Trinajstić information content (AvgIpc) is 2.80. The van der Waals surface area contributed by atoms with E-state index >= 15 is 0 Å². The van der Waals surface area contributed by atoms with Gasteiger partial charge in [-0.1, -0.05) is 0 Å². The number of nitrogens with one attached hydrogen (secondary N) is 2. The van der Waals surface area contributed by atoms with Crippen LogP contribution >= 0.6 is 0 Å². The highest BCUT2D eigenvalue weighted by Crippen LogP contribution is 2.25. The fourth-order valence-corrected chi connectivity index (χ4v) is 2.13. The van der Waals surface area contributed by atoms with Crippen LogP contribution in [0.5, 0.6) is 0 Å². The highest BCUT2D eigenvalue weighted by atomic mass is 16.5. The number of hydrogen-bond acceptors (Lipinski definition) is 6. The number of carbonyl (C=O) groups excluding carboxylic acids is 1. The molecular formula is C12H15N5O4. The lowest BCUT2D eigenvalue weighted by atomic mass is 10.1. The molecule has 3 atom stereocenters. The number of allylic oxidation sites excluding steroid dienone is 1. The maximum Gasteiger partial charge on any atom is 0.328 e. The highest BCUT2D eigenvalue weighted by molar-refractivity contribution is 6.00. The Morgan fingerprint density at radius 3 is 2.90 bits per heavy atom. The van der Waals surface area contributed by atoms with Crippen LogP contribution in [0.1, 0.15) is 6.42 Å². The highest BCUT2D eigenvalue weighted by Gasteiger charge is 2.39. The predicted octanol–water partition coefficient (Wildman–Crippen LogP) is -1.29. The molecule has 21 heavy (non-hydrogen) atoms. The van der Waals surface area contributed by atoms with Gasteiger partial charge in [-0.05, 0) is 6.08 Å². The fourth-order valence-electron chi connectivity index (χ4n) is 2.13. The second-order valence-electron chi connectivity index (χ2n) is 4.58. The maximum absolute atomic E-state index is 12.0. The number of rotatable bonds is 3. The van der Waals surface area contributed by atoms with E-state index in [9.17, 15) is 9.90 Å². The zero-order valence-electron chi connectivity index (χ0n) is 11.0. The number of nitrogens with two attached hydrogens (primary N) is 1. The third-order valence-corrected chi connectivity index (χ3v) is 3.22. The lowest BCUT2D eigenvalue weighted by Gasteiger charge is -2.28. The Bertz CT molecular complexity index is 564. The Hall–Kier alpha value is -2.41. The van der Waals surface area contributed by atoms with Crippen molar-refractivity contribution >= 4 is 11.9 Å². The number of ether oxygens (including phenoxy) is 1. The van der Waals surface area contributed by atoms with Crippen LogP contribution in [-0.4, -0.2) is 52.0 Å². The molecule has 0 bridgehead atoms. The number of urea groups is 1. The molecule has 0 aromatic carbocycles. The molecule has 0 aromatic rings. The zero-order valence-corrected chi connectivity index (χ0v) is 11.0. The molecule has 0 radical (unpaired) electrons. The van der Waals surface area contributed by atoms with Gasteiger partial charge in [0.25, 0.3) is 0 Å². The second kappa shape index (κ2) is 5.92. The molecule has 9 nitrogen and oxygen atoms in total. The van der Waals surface area contributed by atoms with E-state index in [1.807, 2.05) is 0 Å². The van der Waals surface area contributed by atoms with Gasteiger partial charge >= 0.3 is 6.03 Å². The van der Waals surface area contributed by atoms with Crippen LogP contribution in [0, 0.1) is 16.7 Å². The molecule has 0 aromatic heterocycles. The molecule has 1 saturated heterocycles. The van der Waals surface area contributed by atoms with Gasteiger partial charge in [-0.3, -0.25) is 10.3 Å². The minimum Gasteiger partial charge on any atom is -0.394 e. The molecule has 2 aliphatic heterocycles. The molecule has 1 fully saturated rings. The van der Waals surface area contributed by atoms with Crippen LogP contribution in [0.25, 0.3) is 0 Å². The molecule has 2 heterocycles. The van der Waals surface area contributed by atoms with Gasteiger partial charge in [-0.25, -0.2) is 4.79 Å². The van der Waals surface area contributed by atoms with Crippen molar-refractivity contribution in [1.82, 2.24) is 10.2 Å². The Morgan fingerprint density at radius 2 is 2.43 bits per heavy atom. The smallest absolute Gasteiger partial charge is 0.328 e. The fraction of sp³-hybridized carbons (Fsp3) is 0.417. The van der Waals surface area contributed by atoms with E-state index in [2.05, 4.69) is 5.32 Å². The summed E-state index contributed by atoms with van der Waals surface area (Å²) in [5.74, 6) is -0.446. The summed E-state index contributed by atoms with van der Waals surface area (Å²) in [6, 6.07) is 1.17. The number of nitriles is 1. The Kier molecular flexibility index (Phi) is 4.23. The summed E-state index contributed by atoms with van der Waals surface area (Å²) in [4.78, 5) is 13.2. The predicted molar refractivity (Wildman–Crippen MR) is 70.4 cm³/mol. The van der Waals surface area contributed by atoms with Crippen molar-refractivity contribution in [1.29, 1.82) is 10.7 Å². The molecule has 0 unspecified atom stereocenters. The summed E-state index contributed by atoms with van der Waals surface area (Å²) in [6.45, 7) is -0.342. The molecule has 0 spiro atoms. The molecule has 0 aliphatic carbocycles. The van der Waals surface area contributed by atoms with E-state index in [1.165, 1.54) is 17.2 Å². The number of amides is 2. The van der Waals surface area contributed by atoms with Crippen LogP contribution in [0.4, 0.5) is 4.79 Å². The quantitative estimate of drug-likeness (QED) is 0.247. The number of aliphatic hydroxyl groups excluding tert-OH is 2. The molecular weight excluding hydrogens is 278 g/mol. The monoisotopic (exact) mass is 293 g/mol. The summed E-state index contributed by atoms with van der Waals surface area (Å²) >= 11 is 0. The zero-order chi connectivity index (χ0) is 15.6. The molecule has 6 N–H and O–H groups in total. The van der Waals surface area contributed by atoms with Gasteiger partial charge in [0.15, 0.2) is 0 Å². The lowest BCUT2D eigenvalue weighted by Crippen LogP contribution is -2.45. The van der Waals surface area contributed by atoms with Crippen LogP contribution in [0.3, 0.4) is 0 Å². The molecule has 9 heteroatoms.